The Labute approximate surface area is 209 Å². The zero-order valence-electron chi connectivity index (χ0n) is 20.6. The van der Waals surface area contributed by atoms with Gasteiger partial charge < -0.3 is 40.1 Å². The maximum Gasteiger partial charge on any atom is 0.126 e. The molecule has 8 nitrogen and oxygen atoms in total. The monoisotopic (exact) mass is 514 g/mol. The van der Waals surface area contributed by atoms with Crippen LogP contribution in [0.25, 0.3) is 0 Å². The van der Waals surface area contributed by atoms with E-state index in [1.807, 2.05) is 0 Å². The molecule has 10 heteroatoms. The van der Waals surface area contributed by atoms with E-state index in [-0.39, 0.29) is 30.7 Å². The summed E-state index contributed by atoms with van der Waals surface area (Å²) >= 11 is 0. The van der Waals surface area contributed by atoms with Crippen molar-refractivity contribution >= 4 is 0 Å². The Hall–Kier alpha value is -2.34. The van der Waals surface area contributed by atoms with Crippen LogP contribution >= 0.6 is 0 Å². The Morgan fingerprint density at radius 1 is 0.722 bits per heavy atom. The summed E-state index contributed by atoms with van der Waals surface area (Å²) in [7, 11) is 2.88. The van der Waals surface area contributed by atoms with E-state index in [4.69, 9.17) is 14.6 Å². The number of methoxy groups -OCH3 is 2. The Morgan fingerprint density at radius 2 is 1.19 bits per heavy atom. The summed E-state index contributed by atoms with van der Waals surface area (Å²) in [5.41, 5.74) is 0.570. The largest absolute Gasteiger partial charge is 0.497 e. The van der Waals surface area contributed by atoms with Crippen molar-refractivity contribution in [3.8, 4) is 11.5 Å². The molecule has 2 aromatic carbocycles. The molecule has 0 fully saturated rings. The second-order valence-electron chi connectivity index (χ2n) is 9.14. The summed E-state index contributed by atoms with van der Waals surface area (Å²) in [6.07, 6.45) is -8.91. The molecule has 0 saturated heterocycles. The number of aliphatic hydroxyl groups excluding tert-OH is 6. The van der Waals surface area contributed by atoms with Gasteiger partial charge in [0.1, 0.15) is 47.5 Å². The fraction of sp³-hybridized carbons (Fsp3) is 0.538. The maximum atomic E-state index is 14.6. The molecule has 0 aliphatic heterocycles. The highest BCUT2D eigenvalue weighted by Crippen LogP contribution is 2.30. The predicted molar refractivity (Wildman–Crippen MR) is 128 cm³/mol. The summed E-state index contributed by atoms with van der Waals surface area (Å²) in [4.78, 5) is 0. The number of hydrogen-bond acceptors (Lipinski definition) is 8. The fourth-order valence-electron chi connectivity index (χ4n) is 4.29. The third kappa shape index (κ3) is 7.83. The van der Waals surface area contributed by atoms with Crippen LogP contribution in [0.4, 0.5) is 8.78 Å². The summed E-state index contributed by atoms with van der Waals surface area (Å²) in [5.74, 6) is -1.26. The van der Waals surface area contributed by atoms with Crippen LogP contribution in [0.5, 0.6) is 11.5 Å². The van der Waals surface area contributed by atoms with Gasteiger partial charge in [-0.15, -0.1) is 0 Å². The molecule has 202 valence electrons. The first-order valence-electron chi connectivity index (χ1n) is 11.7. The van der Waals surface area contributed by atoms with Gasteiger partial charge in [-0.05, 0) is 78.6 Å². The summed E-state index contributed by atoms with van der Waals surface area (Å²) in [6.45, 7) is 0.927. The van der Waals surface area contributed by atoms with Crippen LogP contribution in [0, 0.1) is 23.5 Å². The highest BCUT2D eigenvalue weighted by Gasteiger charge is 2.38. The van der Waals surface area contributed by atoms with E-state index in [2.05, 4.69) is 0 Å². The molecule has 0 aliphatic rings. The third-order valence-corrected chi connectivity index (χ3v) is 6.38. The number of hydrogen-bond donors (Lipinski definition) is 6. The van der Waals surface area contributed by atoms with Gasteiger partial charge in [-0.25, -0.2) is 8.78 Å². The molecule has 0 aliphatic carbocycles. The molecule has 3 unspecified atom stereocenters. The number of ether oxygens (including phenoxy) is 2. The van der Waals surface area contributed by atoms with Gasteiger partial charge in [0, 0.05) is 0 Å². The van der Waals surface area contributed by atoms with Crippen molar-refractivity contribution in [1.82, 2.24) is 0 Å². The van der Waals surface area contributed by atoms with Crippen LogP contribution in [-0.2, 0) is 12.8 Å². The normalized spacial score (nSPS) is 17.5. The van der Waals surface area contributed by atoms with Crippen LogP contribution in [0.3, 0.4) is 0 Å². The molecule has 0 spiro atoms. The SMILES string of the molecule is COc1ccc(F)c(CC(C)CC(Cc2cc(OC)ccc2F)C(O)[C@@H](O)[C@@H](O)[C@H](O)[C@@H](O)CO)c1. The number of aliphatic hydroxyl groups is 6. The second-order valence-corrected chi connectivity index (χ2v) is 9.14. The molecule has 2 aromatic rings. The van der Waals surface area contributed by atoms with E-state index in [0.29, 0.717) is 17.1 Å². The van der Waals surface area contributed by atoms with Gasteiger partial charge in [0.25, 0.3) is 0 Å². The fourth-order valence-corrected chi connectivity index (χ4v) is 4.29. The van der Waals surface area contributed by atoms with Crippen molar-refractivity contribution in [2.75, 3.05) is 20.8 Å². The summed E-state index contributed by atoms with van der Waals surface area (Å²) in [6, 6.07) is 8.43. The first kappa shape index (κ1) is 29.9. The van der Waals surface area contributed by atoms with Gasteiger partial charge in [0.05, 0.1) is 26.9 Å². The van der Waals surface area contributed by atoms with Crippen molar-refractivity contribution in [2.45, 2.75) is 56.7 Å². The van der Waals surface area contributed by atoms with E-state index < -0.39 is 54.7 Å². The quantitative estimate of drug-likeness (QED) is 0.221. The first-order valence-corrected chi connectivity index (χ1v) is 11.7. The highest BCUT2D eigenvalue weighted by atomic mass is 19.1. The number of benzene rings is 2. The van der Waals surface area contributed by atoms with Crippen molar-refractivity contribution in [3.63, 3.8) is 0 Å². The second kappa shape index (κ2) is 13.8. The molecule has 0 bridgehead atoms. The van der Waals surface area contributed by atoms with Crippen molar-refractivity contribution < 1.29 is 48.9 Å². The zero-order chi connectivity index (χ0) is 27.0. The summed E-state index contributed by atoms with van der Waals surface area (Å²) in [5, 5.41) is 60.5. The lowest BCUT2D eigenvalue weighted by Crippen LogP contribution is -2.52. The summed E-state index contributed by atoms with van der Waals surface area (Å²) < 4.78 is 39.2. The minimum Gasteiger partial charge on any atom is -0.497 e. The van der Waals surface area contributed by atoms with E-state index in [1.54, 1.807) is 13.0 Å². The van der Waals surface area contributed by atoms with Gasteiger partial charge in [0.15, 0.2) is 0 Å². The van der Waals surface area contributed by atoms with Crippen LogP contribution in [0.15, 0.2) is 36.4 Å². The van der Waals surface area contributed by atoms with Crippen LogP contribution in [0.2, 0.25) is 0 Å². The molecule has 36 heavy (non-hydrogen) atoms. The minimum absolute atomic E-state index is 0.0719. The Morgan fingerprint density at radius 3 is 1.67 bits per heavy atom. The van der Waals surface area contributed by atoms with Gasteiger partial charge in [-0.1, -0.05) is 6.92 Å². The molecular weight excluding hydrogens is 478 g/mol. The van der Waals surface area contributed by atoms with Crippen molar-refractivity contribution in [3.05, 3.63) is 59.2 Å². The maximum absolute atomic E-state index is 14.6. The molecular formula is C26H36F2O8. The Bertz CT molecular complexity index is 960. The van der Waals surface area contributed by atoms with Gasteiger partial charge in [-0.3, -0.25) is 0 Å². The predicted octanol–water partition coefficient (Wildman–Crippen LogP) is 1.21. The van der Waals surface area contributed by atoms with Crippen molar-refractivity contribution in [1.29, 1.82) is 0 Å². The van der Waals surface area contributed by atoms with Crippen LogP contribution in [-0.4, -0.2) is 82.0 Å². The lowest BCUT2D eigenvalue weighted by Gasteiger charge is -2.34. The molecule has 6 N–H and O–H groups in total. The van der Waals surface area contributed by atoms with E-state index in [1.165, 1.54) is 44.6 Å². The molecule has 0 saturated carbocycles. The molecule has 0 aromatic heterocycles. The first-order chi connectivity index (χ1) is 17.0. The van der Waals surface area contributed by atoms with Crippen LogP contribution < -0.4 is 9.47 Å². The highest BCUT2D eigenvalue weighted by molar-refractivity contribution is 5.31. The van der Waals surface area contributed by atoms with Gasteiger partial charge >= 0.3 is 0 Å². The average molecular weight is 515 g/mol. The van der Waals surface area contributed by atoms with Crippen LogP contribution in [0.1, 0.15) is 24.5 Å². The standard InChI is InChI=1S/C26H36F2O8/c1-14(8-15-11-18(35-2)4-6-20(15)27)9-17(10-16-12-19(36-3)5-7-21(16)28)23(31)25(33)26(34)24(32)22(30)13-29/h4-7,11-12,14,17,22-26,29-34H,8-10,13H2,1-3H3/t14?,17?,22-,23?,24+,25+,26-/m0/s1. The number of rotatable bonds is 14. The minimum atomic E-state index is -1.99. The van der Waals surface area contributed by atoms with Gasteiger partial charge in [0.2, 0.25) is 0 Å². The molecule has 0 radical (unpaired) electrons. The molecule has 0 heterocycles. The topological polar surface area (TPSA) is 140 Å². The lowest BCUT2D eigenvalue weighted by molar-refractivity contribution is -0.149. The Kier molecular flexibility index (Phi) is 11.5. The van der Waals surface area contributed by atoms with E-state index in [0.717, 1.165) is 0 Å². The molecule has 0 amide bonds. The van der Waals surface area contributed by atoms with Crippen molar-refractivity contribution in [2.24, 2.45) is 11.8 Å². The smallest absolute Gasteiger partial charge is 0.126 e. The lowest BCUT2D eigenvalue weighted by atomic mass is 9.80. The molecule has 2 rings (SSSR count). The third-order valence-electron chi connectivity index (χ3n) is 6.38. The Balaban J connectivity index is 2.30. The van der Waals surface area contributed by atoms with E-state index in [9.17, 15) is 34.3 Å². The van der Waals surface area contributed by atoms with Gasteiger partial charge in [-0.2, -0.15) is 0 Å². The zero-order valence-corrected chi connectivity index (χ0v) is 20.6. The average Bonchev–Trinajstić information content (AvgIpc) is 2.88. The molecule has 7 atom stereocenters. The number of halogens is 2. The van der Waals surface area contributed by atoms with E-state index >= 15 is 0 Å².